The lowest BCUT2D eigenvalue weighted by Crippen LogP contribution is -2.49. The van der Waals surface area contributed by atoms with Crippen LogP contribution in [0.5, 0.6) is 0 Å². The number of likely N-dealkylation sites (tertiary alicyclic amines) is 1. The zero-order chi connectivity index (χ0) is 26.3. The van der Waals surface area contributed by atoms with Crippen LogP contribution in [0.3, 0.4) is 0 Å². The molecule has 0 unspecified atom stereocenters. The number of fused-ring (bicyclic) bond motifs is 1. The number of carbonyl (C=O) groups is 3. The molecule has 0 saturated carbocycles. The summed E-state index contributed by atoms with van der Waals surface area (Å²) >= 11 is 0. The molecule has 3 aliphatic heterocycles. The van der Waals surface area contributed by atoms with Gasteiger partial charge in [-0.1, -0.05) is 18.2 Å². The molecule has 3 aliphatic rings. The van der Waals surface area contributed by atoms with Crippen molar-refractivity contribution < 1.29 is 32.7 Å². The van der Waals surface area contributed by atoms with Gasteiger partial charge in [-0.3, -0.25) is 19.3 Å². The van der Waals surface area contributed by atoms with E-state index in [1.54, 1.807) is 23.1 Å². The highest BCUT2D eigenvalue weighted by atomic mass is 19.4. The molecule has 3 amide bonds. The SMILES string of the molecule is O=C([C@@H]1CCCN(c2cccc3c2C(=O)N(Cc2cccc(C(F)(F)F)c2)C3=O)C1)N1CCC[C@@H](O)C1. The molecule has 2 fully saturated rings. The van der Waals surface area contributed by atoms with E-state index < -0.39 is 29.7 Å². The van der Waals surface area contributed by atoms with Gasteiger partial charge in [0, 0.05) is 26.2 Å². The van der Waals surface area contributed by atoms with Crippen molar-refractivity contribution in [2.75, 3.05) is 31.1 Å². The van der Waals surface area contributed by atoms with E-state index in [9.17, 15) is 32.7 Å². The third-order valence-electron chi connectivity index (χ3n) is 7.39. The Hall–Kier alpha value is -3.40. The Balaban J connectivity index is 1.36. The molecule has 2 aromatic rings. The molecule has 0 aliphatic carbocycles. The van der Waals surface area contributed by atoms with Crippen molar-refractivity contribution >= 4 is 23.4 Å². The van der Waals surface area contributed by atoms with Crippen LogP contribution < -0.4 is 4.90 Å². The summed E-state index contributed by atoms with van der Waals surface area (Å²) in [5.74, 6) is -1.40. The van der Waals surface area contributed by atoms with Gasteiger partial charge in [-0.15, -0.1) is 0 Å². The van der Waals surface area contributed by atoms with Crippen LogP contribution in [0, 0.1) is 5.92 Å². The van der Waals surface area contributed by atoms with Crippen LogP contribution in [0.4, 0.5) is 18.9 Å². The molecule has 0 aromatic heterocycles. The van der Waals surface area contributed by atoms with Crippen LogP contribution in [0.15, 0.2) is 42.5 Å². The number of hydrogen-bond donors (Lipinski definition) is 1. The molecule has 2 atom stereocenters. The second kappa shape index (κ2) is 9.81. The summed E-state index contributed by atoms with van der Waals surface area (Å²) in [5.41, 5.74) is 0.354. The summed E-state index contributed by atoms with van der Waals surface area (Å²) < 4.78 is 39.4. The van der Waals surface area contributed by atoms with Crippen LogP contribution in [-0.2, 0) is 17.5 Å². The van der Waals surface area contributed by atoms with Crippen molar-refractivity contribution in [3.8, 4) is 0 Å². The quantitative estimate of drug-likeness (QED) is 0.629. The Morgan fingerprint density at radius 1 is 0.973 bits per heavy atom. The smallest absolute Gasteiger partial charge is 0.391 e. The van der Waals surface area contributed by atoms with Crippen molar-refractivity contribution in [2.24, 2.45) is 5.92 Å². The number of anilines is 1. The lowest BCUT2D eigenvalue weighted by atomic mass is 9.94. The fourth-order valence-electron chi connectivity index (χ4n) is 5.56. The van der Waals surface area contributed by atoms with Crippen molar-refractivity contribution in [1.82, 2.24) is 9.80 Å². The number of amides is 3. The van der Waals surface area contributed by atoms with Gasteiger partial charge in [-0.05, 0) is 55.5 Å². The highest BCUT2D eigenvalue weighted by Gasteiger charge is 2.40. The number of benzene rings is 2. The minimum atomic E-state index is -4.53. The third-order valence-corrected chi connectivity index (χ3v) is 7.39. The fourth-order valence-corrected chi connectivity index (χ4v) is 5.56. The van der Waals surface area contributed by atoms with E-state index in [4.69, 9.17) is 0 Å². The number of hydrogen-bond acceptors (Lipinski definition) is 5. The first-order valence-electron chi connectivity index (χ1n) is 12.5. The van der Waals surface area contributed by atoms with Gasteiger partial charge in [-0.25, -0.2) is 0 Å². The molecular formula is C27H28F3N3O4. The third kappa shape index (κ3) is 4.94. The van der Waals surface area contributed by atoms with Crippen LogP contribution in [0.25, 0.3) is 0 Å². The number of aliphatic hydroxyl groups excluding tert-OH is 1. The van der Waals surface area contributed by atoms with Crippen molar-refractivity contribution in [3.05, 3.63) is 64.7 Å². The maximum absolute atomic E-state index is 13.4. The summed E-state index contributed by atoms with van der Waals surface area (Å²) in [5, 5.41) is 9.97. The number of piperidine rings is 2. The van der Waals surface area contributed by atoms with E-state index in [1.807, 2.05) is 4.90 Å². The maximum Gasteiger partial charge on any atom is 0.416 e. The van der Waals surface area contributed by atoms with Crippen LogP contribution >= 0.6 is 0 Å². The molecule has 2 aromatic carbocycles. The summed E-state index contributed by atoms with van der Waals surface area (Å²) in [6, 6.07) is 9.58. The van der Waals surface area contributed by atoms with Gasteiger partial charge < -0.3 is 14.9 Å². The fraction of sp³-hybridized carbons (Fsp3) is 0.444. The van der Waals surface area contributed by atoms with E-state index >= 15 is 0 Å². The first-order valence-corrected chi connectivity index (χ1v) is 12.5. The van der Waals surface area contributed by atoms with Crippen LogP contribution in [-0.4, -0.2) is 64.9 Å². The maximum atomic E-state index is 13.4. The molecule has 5 rings (SSSR count). The largest absolute Gasteiger partial charge is 0.416 e. The number of aliphatic hydroxyl groups is 1. The van der Waals surface area contributed by atoms with Crippen molar-refractivity contribution in [1.29, 1.82) is 0 Å². The van der Waals surface area contributed by atoms with E-state index in [0.29, 0.717) is 44.7 Å². The summed E-state index contributed by atoms with van der Waals surface area (Å²) in [6.07, 6.45) is -2.17. The van der Waals surface area contributed by atoms with Crippen molar-refractivity contribution in [3.63, 3.8) is 0 Å². The average Bonchev–Trinajstić information content (AvgIpc) is 3.13. The Morgan fingerprint density at radius 3 is 2.49 bits per heavy atom. The van der Waals surface area contributed by atoms with Gasteiger partial charge in [0.05, 0.1) is 40.9 Å². The van der Waals surface area contributed by atoms with Gasteiger partial charge >= 0.3 is 6.18 Å². The predicted molar refractivity (Wildman–Crippen MR) is 129 cm³/mol. The van der Waals surface area contributed by atoms with Gasteiger partial charge in [0.1, 0.15) is 0 Å². The Morgan fingerprint density at radius 2 is 1.73 bits per heavy atom. The normalized spacial score (nSPS) is 22.4. The van der Waals surface area contributed by atoms with E-state index in [-0.39, 0.29) is 35.1 Å². The van der Waals surface area contributed by atoms with Gasteiger partial charge in [0.2, 0.25) is 5.91 Å². The van der Waals surface area contributed by atoms with E-state index in [0.717, 1.165) is 29.9 Å². The molecule has 2 saturated heterocycles. The van der Waals surface area contributed by atoms with Gasteiger partial charge in [0.25, 0.3) is 11.8 Å². The zero-order valence-electron chi connectivity index (χ0n) is 20.2. The minimum absolute atomic E-state index is 0.00963. The molecule has 0 radical (unpaired) electrons. The topological polar surface area (TPSA) is 81.2 Å². The molecule has 7 nitrogen and oxygen atoms in total. The molecule has 0 spiro atoms. The summed E-state index contributed by atoms with van der Waals surface area (Å²) in [6.45, 7) is 1.67. The number of nitrogens with zero attached hydrogens (tertiary/aromatic N) is 3. The van der Waals surface area contributed by atoms with Crippen LogP contribution in [0.1, 0.15) is 57.5 Å². The lowest BCUT2D eigenvalue weighted by Gasteiger charge is -2.38. The number of rotatable bonds is 4. The zero-order valence-corrected chi connectivity index (χ0v) is 20.2. The molecule has 37 heavy (non-hydrogen) atoms. The number of imide groups is 1. The van der Waals surface area contributed by atoms with E-state index in [2.05, 4.69) is 0 Å². The summed E-state index contributed by atoms with van der Waals surface area (Å²) in [4.78, 5) is 44.3. The summed E-state index contributed by atoms with van der Waals surface area (Å²) in [7, 11) is 0. The van der Waals surface area contributed by atoms with E-state index in [1.165, 1.54) is 12.1 Å². The lowest BCUT2D eigenvalue weighted by molar-refractivity contribution is -0.139. The van der Waals surface area contributed by atoms with Crippen molar-refractivity contribution in [2.45, 2.75) is 44.5 Å². The highest BCUT2D eigenvalue weighted by molar-refractivity contribution is 6.23. The second-order valence-corrected chi connectivity index (χ2v) is 9.96. The Bertz CT molecular complexity index is 1230. The van der Waals surface area contributed by atoms with Crippen LogP contribution in [0.2, 0.25) is 0 Å². The first kappa shape index (κ1) is 25.3. The highest BCUT2D eigenvalue weighted by Crippen LogP contribution is 2.36. The Labute approximate surface area is 212 Å². The molecular weight excluding hydrogens is 487 g/mol. The first-order chi connectivity index (χ1) is 17.6. The minimum Gasteiger partial charge on any atom is -0.391 e. The number of carbonyl (C=O) groups excluding carboxylic acids is 3. The number of halogens is 3. The second-order valence-electron chi connectivity index (χ2n) is 9.96. The standard InChI is InChI=1S/C27H28F3N3O4/c28-27(29,30)19-7-1-5-17(13-19)14-33-25(36)21-9-2-10-22(23(21)26(33)37)31-11-3-6-18(15-31)24(35)32-12-4-8-20(34)16-32/h1-2,5,7,9-10,13,18,20,34H,3-4,6,8,11-12,14-16H2/t18-,20-/m1/s1. The monoisotopic (exact) mass is 515 g/mol. The Kier molecular flexibility index (Phi) is 6.70. The molecule has 3 heterocycles. The molecule has 1 N–H and O–H groups in total. The van der Waals surface area contributed by atoms with Gasteiger partial charge in [0.15, 0.2) is 0 Å². The molecule has 10 heteroatoms. The average molecular weight is 516 g/mol. The molecule has 196 valence electrons. The predicted octanol–water partition coefficient (Wildman–Crippen LogP) is 3.70. The number of alkyl halides is 3. The van der Waals surface area contributed by atoms with Gasteiger partial charge in [-0.2, -0.15) is 13.2 Å². The molecule has 0 bridgehead atoms. The number of β-amino-alcohol motifs (C(OH)–C–C–N with tert-alkyl or cyclic N) is 1.